The fraction of sp³-hybridized carbons (Fsp3) is 0.667. The number of hydrogen-bond donors (Lipinski definition) is 1. The van der Waals surface area contributed by atoms with Gasteiger partial charge >= 0.3 is 6.18 Å². The van der Waals surface area contributed by atoms with Crippen LogP contribution in [0.15, 0.2) is 0 Å². The Kier molecular flexibility index (Phi) is 6.40. The number of amides is 1. The van der Waals surface area contributed by atoms with Crippen LogP contribution in [0.25, 0.3) is 0 Å². The maximum absolute atomic E-state index is 12.4. The van der Waals surface area contributed by atoms with E-state index in [0.717, 1.165) is 31.2 Å². The molecule has 1 aliphatic heterocycles. The van der Waals surface area contributed by atoms with Gasteiger partial charge in [0, 0.05) is 44.0 Å². The number of fused-ring (bicyclic) bond motifs is 1. The fourth-order valence-electron chi connectivity index (χ4n) is 3.65. The lowest BCUT2D eigenvalue weighted by atomic mass is 9.96. The highest BCUT2D eigenvalue weighted by Gasteiger charge is 2.32. The maximum Gasteiger partial charge on any atom is 0.401 e. The number of nitrogens with zero attached hydrogens (tertiary/aromatic N) is 3. The van der Waals surface area contributed by atoms with E-state index in [1.807, 2.05) is 4.90 Å². The second-order valence-corrected chi connectivity index (χ2v) is 8.16. The van der Waals surface area contributed by atoms with Crippen molar-refractivity contribution in [3.8, 4) is 6.07 Å². The number of nitrogens with one attached hydrogen (secondary N) is 1. The normalized spacial score (nSPS) is 18.7. The number of rotatable bonds is 5. The smallest absolute Gasteiger partial charge is 0.317 e. The Morgan fingerprint density at radius 3 is 2.48 bits per heavy atom. The molecule has 0 radical (unpaired) electrons. The van der Waals surface area contributed by atoms with Gasteiger partial charge in [0.1, 0.15) is 11.1 Å². The number of alkyl halides is 3. The molecule has 5 nitrogen and oxygen atoms in total. The van der Waals surface area contributed by atoms with E-state index in [0.29, 0.717) is 43.3 Å². The fourth-order valence-corrected chi connectivity index (χ4v) is 4.90. The number of carbonyl (C=O) groups is 1. The zero-order chi connectivity index (χ0) is 19.4. The quantitative estimate of drug-likeness (QED) is 0.826. The SMILES string of the molecule is N#Cc1c(NC(=O)CCN2CCN(CC(F)(F)F)CC2)sc2c1CCCC2. The number of thiophene rings is 1. The van der Waals surface area contributed by atoms with Crippen LogP contribution in [0.3, 0.4) is 0 Å². The minimum atomic E-state index is -4.17. The lowest BCUT2D eigenvalue weighted by Crippen LogP contribution is -2.49. The molecule has 0 bridgehead atoms. The highest BCUT2D eigenvalue weighted by Crippen LogP contribution is 2.37. The molecule has 9 heteroatoms. The van der Waals surface area contributed by atoms with E-state index >= 15 is 0 Å². The highest BCUT2D eigenvalue weighted by atomic mass is 32.1. The molecule has 2 aliphatic rings. The average molecular weight is 400 g/mol. The van der Waals surface area contributed by atoms with Gasteiger partial charge < -0.3 is 10.2 Å². The Labute approximate surface area is 160 Å². The van der Waals surface area contributed by atoms with Crippen molar-refractivity contribution in [1.29, 1.82) is 5.26 Å². The van der Waals surface area contributed by atoms with Crippen LogP contribution in [0, 0.1) is 11.3 Å². The van der Waals surface area contributed by atoms with Crippen molar-refractivity contribution in [3.05, 3.63) is 16.0 Å². The Hall–Kier alpha value is -1.63. The molecular formula is C18H23F3N4OS. The number of halogens is 3. The Morgan fingerprint density at radius 1 is 1.15 bits per heavy atom. The summed E-state index contributed by atoms with van der Waals surface area (Å²) in [4.78, 5) is 16.9. The molecule has 0 spiro atoms. The van der Waals surface area contributed by atoms with Crippen molar-refractivity contribution in [2.75, 3.05) is 44.6 Å². The first-order valence-electron chi connectivity index (χ1n) is 9.21. The lowest BCUT2D eigenvalue weighted by molar-refractivity contribution is -0.149. The van der Waals surface area contributed by atoms with Crippen molar-refractivity contribution in [2.45, 2.75) is 38.3 Å². The molecule has 1 aliphatic carbocycles. The van der Waals surface area contributed by atoms with Crippen molar-refractivity contribution in [1.82, 2.24) is 9.80 Å². The van der Waals surface area contributed by atoms with Crippen molar-refractivity contribution >= 4 is 22.2 Å². The molecule has 0 atom stereocenters. The molecular weight excluding hydrogens is 377 g/mol. The number of piperazine rings is 1. The summed E-state index contributed by atoms with van der Waals surface area (Å²) < 4.78 is 37.2. The van der Waals surface area contributed by atoms with Crippen LogP contribution in [0.4, 0.5) is 18.2 Å². The van der Waals surface area contributed by atoms with Gasteiger partial charge in [-0.3, -0.25) is 9.69 Å². The largest absolute Gasteiger partial charge is 0.401 e. The topological polar surface area (TPSA) is 59.4 Å². The second kappa shape index (κ2) is 8.59. The first-order valence-corrected chi connectivity index (χ1v) is 10.0. The van der Waals surface area contributed by atoms with Gasteiger partial charge in [0.15, 0.2) is 0 Å². The van der Waals surface area contributed by atoms with Crippen LogP contribution < -0.4 is 5.32 Å². The van der Waals surface area contributed by atoms with E-state index < -0.39 is 12.7 Å². The van der Waals surface area contributed by atoms with Crippen molar-refractivity contribution in [3.63, 3.8) is 0 Å². The third kappa shape index (κ3) is 5.43. The summed E-state index contributed by atoms with van der Waals surface area (Å²) in [6, 6.07) is 2.23. The molecule has 1 amide bonds. The Morgan fingerprint density at radius 2 is 1.81 bits per heavy atom. The van der Waals surface area contributed by atoms with Gasteiger partial charge in [-0.1, -0.05) is 0 Å². The maximum atomic E-state index is 12.4. The van der Waals surface area contributed by atoms with Gasteiger partial charge in [0.2, 0.25) is 5.91 Å². The summed E-state index contributed by atoms with van der Waals surface area (Å²) in [5, 5.41) is 12.9. The minimum absolute atomic E-state index is 0.150. The van der Waals surface area contributed by atoms with Gasteiger partial charge in [-0.05, 0) is 31.2 Å². The van der Waals surface area contributed by atoms with Crippen LogP contribution in [-0.4, -0.2) is 61.2 Å². The summed E-state index contributed by atoms with van der Waals surface area (Å²) in [6.07, 6.45) is 0.158. The Bertz CT molecular complexity index is 717. The highest BCUT2D eigenvalue weighted by molar-refractivity contribution is 7.16. The van der Waals surface area contributed by atoms with Crippen LogP contribution >= 0.6 is 11.3 Å². The van der Waals surface area contributed by atoms with Crippen molar-refractivity contribution in [2.24, 2.45) is 0 Å². The molecule has 1 N–H and O–H groups in total. The summed E-state index contributed by atoms with van der Waals surface area (Å²) in [5.74, 6) is -0.150. The molecule has 1 saturated heterocycles. The van der Waals surface area contributed by atoms with E-state index in [1.54, 1.807) is 0 Å². The van der Waals surface area contributed by atoms with Gasteiger partial charge in [0.25, 0.3) is 0 Å². The molecule has 1 fully saturated rings. The summed E-state index contributed by atoms with van der Waals surface area (Å²) in [5.41, 5.74) is 1.69. The van der Waals surface area contributed by atoms with Crippen LogP contribution in [-0.2, 0) is 17.6 Å². The van der Waals surface area contributed by atoms with Gasteiger partial charge in [-0.15, -0.1) is 11.3 Å². The van der Waals surface area contributed by atoms with E-state index in [4.69, 9.17) is 0 Å². The Balaban J connectivity index is 1.46. The van der Waals surface area contributed by atoms with E-state index in [-0.39, 0.29) is 12.3 Å². The molecule has 1 aromatic rings. The predicted octanol–water partition coefficient (Wildman–Crippen LogP) is 3.01. The molecule has 0 saturated carbocycles. The first-order chi connectivity index (χ1) is 12.9. The summed E-state index contributed by atoms with van der Waals surface area (Å²) in [6.45, 7) is 1.41. The molecule has 2 heterocycles. The number of anilines is 1. The molecule has 148 valence electrons. The molecule has 3 rings (SSSR count). The molecule has 1 aromatic heterocycles. The standard InChI is InChI=1S/C18H23F3N4OS/c19-18(20,21)12-25-9-7-24(8-10-25)6-5-16(26)23-17-14(11-22)13-3-1-2-4-15(13)27-17/h1-10,12H2,(H,23,26). The zero-order valence-electron chi connectivity index (χ0n) is 15.1. The van der Waals surface area contributed by atoms with Crippen LogP contribution in [0.2, 0.25) is 0 Å². The lowest BCUT2D eigenvalue weighted by Gasteiger charge is -2.34. The van der Waals surface area contributed by atoms with Crippen molar-refractivity contribution < 1.29 is 18.0 Å². The number of aryl methyl sites for hydroxylation is 1. The van der Waals surface area contributed by atoms with E-state index in [2.05, 4.69) is 11.4 Å². The van der Waals surface area contributed by atoms with Gasteiger partial charge in [0.05, 0.1) is 12.1 Å². The molecule has 27 heavy (non-hydrogen) atoms. The van der Waals surface area contributed by atoms with Gasteiger partial charge in [-0.25, -0.2) is 0 Å². The predicted molar refractivity (Wildman–Crippen MR) is 97.9 cm³/mol. The monoisotopic (exact) mass is 400 g/mol. The second-order valence-electron chi connectivity index (χ2n) is 7.06. The zero-order valence-corrected chi connectivity index (χ0v) is 15.9. The molecule has 0 unspecified atom stereocenters. The number of hydrogen-bond acceptors (Lipinski definition) is 5. The average Bonchev–Trinajstić information content (AvgIpc) is 2.96. The third-order valence-corrected chi connectivity index (χ3v) is 6.27. The summed E-state index contributed by atoms with van der Waals surface area (Å²) >= 11 is 1.50. The number of nitriles is 1. The van der Waals surface area contributed by atoms with Crippen LogP contribution in [0.5, 0.6) is 0 Å². The molecule has 0 aromatic carbocycles. The van der Waals surface area contributed by atoms with E-state index in [1.165, 1.54) is 21.1 Å². The van der Waals surface area contributed by atoms with Crippen LogP contribution in [0.1, 0.15) is 35.3 Å². The van der Waals surface area contributed by atoms with E-state index in [9.17, 15) is 23.2 Å². The third-order valence-electron chi connectivity index (χ3n) is 5.06. The summed E-state index contributed by atoms with van der Waals surface area (Å²) in [7, 11) is 0. The minimum Gasteiger partial charge on any atom is -0.317 e. The first kappa shape index (κ1) is 20.1. The van der Waals surface area contributed by atoms with Gasteiger partial charge in [-0.2, -0.15) is 18.4 Å². The number of carbonyl (C=O) groups excluding carboxylic acids is 1.